The van der Waals surface area contributed by atoms with E-state index >= 15 is 0 Å². The van der Waals surface area contributed by atoms with Crippen LogP contribution in [0, 0.1) is 25.2 Å². The van der Waals surface area contributed by atoms with E-state index in [9.17, 15) is 14.9 Å². The Morgan fingerprint density at radius 2 is 1.89 bits per heavy atom. The van der Waals surface area contributed by atoms with Crippen molar-refractivity contribution in [2.75, 3.05) is 6.54 Å². The number of imide groups is 1. The van der Waals surface area contributed by atoms with Crippen LogP contribution in [0.4, 0.5) is 10.5 Å². The molecule has 0 fully saturated rings. The number of fused-ring (bicyclic) bond motifs is 1. The largest absolute Gasteiger partial charge is 0.465 e. The van der Waals surface area contributed by atoms with Crippen LogP contribution < -0.4 is 0 Å². The number of azo groups is 1. The lowest BCUT2D eigenvalue weighted by atomic mass is 9.94. The van der Waals surface area contributed by atoms with E-state index in [-0.39, 0.29) is 6.54 Å². The van der Waals surface area contributed by atoms with Crippen LogP contribution in [0.15, 0.2) is 40.6 Å². The Morgan fingerprint density at radius 1 is 1.17 bits per heavy atom. The highest BCUT2D eigenvalue weighted by Crippen LogP contribution is 2.27. The number of carbonyl (C=O) groups excluding carboxylic acids is 1. The Balaban J connectivity index is 1.80. The number of likely N-dealkylation sites (N-methyl/N-ethyl adjacent to an activating group) is 1. The molecule has 188 valence electrons. The van der Waals surface area contributed by atoms with Crippen LogP contribution in [0.5, 0.6) is 0 Å². The van der Waals surface area contributed by atoms with Crippen molar-refractivity contribution < 1.29 is 14.7 Å². The Bertz CT molecular complexity index is 1300. The lowest BCUT2D eigenvalue weighted by molar-refractivity contribution is -0.129. The molecule has 0 aliphatic heterocycles. The number of unbranched alkanes of at least 4 members (excludes halogenated alkanes) is 2. The third kappa shape index (κ3) is 6.13. The Hall–Kier alpha value is -4.06. The van der Waals surface area contributed by atoms with Gasteiger partial charge in [0.15, 0.2) is 0 Å². The van der Waals surface area contributed by atoms with E-state index < -0.39 is 18.0 Å². The van der Waals surface area contributed by atoms with Crippen LogP contribution >= 0.6 is 0 Å². The van der Waals surface area contributed by atoms with Gasteiger partial charge in [-0.25, -0.2) is 9.69 Å². The zero-order chi connectivity index (χ0) is 26.2. The number of nitrogens with zero attached hydrogens (tertiary/aromatic N) is 5. The maximum Gasteiger partial charge on any atom is 0.414 e. The van der Waals surface area contributed by atoms with Gasteiger partial charge in [0.2, 0.25) is 6.04 Å². The summed E-state index contributed by atoms with van der Waals surface area (Å²) in [7, 11) is 0. The van der Waals surface area contributed by atoms with E-state index in [1.54, 1.807) is 6.07 Å². The van der Waals surface area contributed by atoms with E-state index in [2.05, 4.69) is 45.5 Å². The summed E-state index contributed by atoms with van der Waals surface area (Å²) in [5, 5.41) is 35.1. The molecule has 1 aromatic heterocycles. The smallest absolute Gasteiger partial charge is 0.414 e. The zero-order valence-corrected chi connectivity index (χ0v) is 21.2. The van der Waals surface area contributed by atoms with Crippen molar-refractivity contribution in [3.05, 3.63) is 58.3 Å². The molecule has 2 N–H and O–H groups in total. The molecule has 0 spiro atoms. The average molecular weight is 489 g/mol. The standard InChI is InChI=1S/C27H32N6O3/c1-5-7-8-9-23-22-15-19(10-11-24(22)31-30-23)14-21-17(3)12-20(13-18(21)4)29-32-25(16-28)26(34)33(6-2)27(35)36/h10-13,15,25H,5-9,14H2,1-4H3,(H,30,31)(H,35,36). The molecule has 0 bridgehead atoms. The minimum absolute atomic E-state index is 0.0698. The summed E-state index contributed by atoms with van der Waals surface area (Å²) in [5.74, 6) is -0.912. The first kappa shape index (κ1) is 26.5. The van der Waals surface area contributed by atoms with E-state index in [4.69, 9.17) is 5.11 Å². The van der Waals surface area contributed by atoms with Gasteiger partial charge in [0, 0.05) is 11.9 Å². The van der Waals surface area contributed by atoms with Crippen molar-refractivity contribution in [2.24, 2.45) is 10.2 Å². The van der Waals surface area contributed by atoms with Crippen molar-refractivity contribution in [1.82, 2.24) is 15.1 Å². The summed E-state index contributed by atoms with van der Waals surface area (Å²) in [6, 6.07) is 10.3. The minimum atomic E-state index is -1.52. The van der Waals surface area contributed by atoms with Crippen LogP contribution in [-0.4, -0.2) is 44.8 Å². The molecule has 0 aliphatic rings. The highest BCUT2D eigenvalue weighted by atomic mass is 16.4. The van der Waals surface area contributed by atoms with Gasteiger partial charge in [0.25, 0.3) is 5.91 Å². The lowest BCUT2D eigenvalue weighted by Gasteiger charge is -2.15. The molecular formula is C27H32N6O3. The molecule has 0 aliphatic carbocycles. The molecule has 1 unspecified atom stereocenters. The monoisotopic (exact) mass is 488 g/mol. The number of benzene rings is 2. The highest BCUT2D eigenvalue weighted by Gasteiger charge is 2.27. The summed E-state index contributed by atoms with van der Waals surface area (Å²) < 4.78 is 0. The number of aromatic nitrogens is 2. The predicted octanol–water partition coefficient (Wildman–Crippen LogP) is 6.01. The second kappa shape index (κ2) is 12.1. The van der Waals surface area contributed by atoms with Gasteiger partial charge in [-0.1, -0.05) is 25.8 Å². The lowest BCUT2D eigenvalue weighted by Crippen LogP contribution is -2.41. The molecular weight excluding hydrogens is 456 g/mol. The molecule has 9 nitrogen and oxygen atoms in total. The summed E-state index contributed by atoms with van der Waals surface area (Å²) in [4.78, 5) is 24.0. The number of carbonyl (C=O) groups is 2. The molecule has 1 atom stereocenters. The summed E-state index contributed by atoms with van der Waals surface area (Å²) >= 11 is 0. The fourth-order valence-electron chi connectivity index (χ4n) is 4.26. The van der Waals surface area contributed by atoms with E-state index in [1.165, 1.54) is 36.3 Å². The quantitative estimate of drug-likeness (QED) is 0.266. The zero-order valence-electron chi connectivity index (χ0n) is 21.2. The fraction of sp³-hybridized carbons (Fsp3) is 0.407. The molecule has 1 heterocycles. The van der Waals surface area contributed by atoms with Gasteiger partial charge >= 0.3 is 6.09 Å². The van der Waals surface area contributed by atoms with Crippen molar-refractivity contribution in [3.63, 3.8) is 0 Å². The maximum absolute atomic E-state index is 12.3. The van der Waals surface area contributed by atoms with Gasteiger partial charge in [-0.2, -0.15) is 20.6 Å². The van der Waals surface area contributed by atoms with Gasteiger partial charge in [0.1, 0.15) is 6.07 Å². The molecule has 2 amide bonds. The molecule has 2 aromatic carbocycles. The Kier molecular flexibility index (Phi) is 8.90. The van der Waals surface area contributed by atoms with Crippen LogP contribution in [-0.2, 0) is 17.6 Å². The Morgan fingerprint density at radius 3 is 2.50 bits per heavy atom. The average Bonchev–Trinajstić information content (AvgIpc) is 3.24. The van der Waals surface area contributed by atoms with Crippen LogP contribution in [0.2, 0.25) is 0 Å². The number of aryl methyl sites for hydroxylation is 3. The van der Waals surface area contributed by atoms with Crippen LogP contribution in [0.3, 0.4) is 0 Å². The van der Waals surface area contributed by atoms with Gasteiger partial charge < -0.3 is 5.11 Å². The number of carboxylic acid groups (broad SMARTS) is 1. The number of nitriles is 1. The summed E-state index contributed by atoms with van der Waals surface area (Å²) in [6.07, 6.45) is 3.78. The SMILES string of the molecule is CCCCCc1n[nH]c2ccc(Cc3c(C)cc(N=NC(C#N)C(=O)N(CC)C(=O)O)cc3C)cc12. The molecule has 3 aromatic rings. The van der Waals surface area contributed by atoms with Gasteiger partial charge in [-0.05, 0) is 86.6 Å². The first-order chi connectivity index (χ1) is 17.3. The first-order valence-electron chi connectivity index (χ1n) is 12.2. The fourth-order valence-corrected chi connectivity index (χ4v) is 4.26. The van der Waals surface area contributed by atoms with Gasteiger partial charge in [-0.3, -0.25) is 9.89 Å². The molecule has 0 saturated heterocycles. The predicted molar refractivity (Wildman–Crippen MR) is 137 cm³/mol. The number of amides is 2. The normalized spacial score (nSPS) is 12.1. The Labute approximate surface area is 210 Å². The van der Waals surface area contributed by atoms with Gasteiger partial charge in [-0.15, -0.1) is 0 Å². The molecule has 36 heavy (non-hydrogen) atoms. The van der Waals surface area contributed by atoms with E-state index in [1.807, 2.05) is 26.0 Å². The second-order valence-corrected chi connectivity index (χ2v) is 8.85. The van der Waals surface area contributed by atoms with Crippen LogP contribution in [0.1, 0.15) is 61.1 Å². The molecule has 3 rings (SSSR count). The third-order valence-corrected chi connectivity index (χ3v) is 6.24. The molecule has 0 saturated carbocycles. The summed E-state index contributed by atoms with van der Waals surface area (Å²) in [6.45, 7) is 7.62. The van der Waals surface area contributed by atoms with Gasteiger partial charge in [0.05, 0.1) is 16.9 Å². The number of hydrogen-bond donors (Lipinski definition) is 2. The van der Waals surface area contributed by atoms with Crippen molar-refractivity contribution in [2.45, 2.75) is 65.8 Å². The number of hydrogen-bond acceptors (Lipinski definition) is 6. The van der Waals surface area contributed by atoms with E-state index in [0.717, 1.165) is 41.6 Å². The third-order valence-electron chi connectivity index (χ3n) is 6.24. The molecule has 0 radical (unpaired) electrons. The minimum Gasteiger partial charge on any atom is -0.465 e. The van der Waals surface area contributed by atoms with E-state index in [0.29, 0.717) is 10.6 Å². The second-order valence-electron chi connectivity index (χ2n) is 8.85. The highest BCUT2D eigenvalue weighted by molar-refractivity contribution is 5.95. The van der Waals surface area contributed by atoms with Crippen molar-refractivity contribution in [1.29, 1.82) is 5.26 Å². The van der Waals surface area contributed by atoms with Crippen molar-refractivity contribution in [3.8, 4) is 6.07 Å². The molecule has 9 heteroatoms. The maximum atomic E-state index is 12.3. The topological polar surface area (TPSA) is 135 Å². The number of rotatable bonds is 10. The van der Waals surface area contributed by atoms with Crippen molar-refractivity contribution >= 4 is 28.6 Å². The summed E-state index contributed by atoms with van der Waals surface area (Å²) in [5.41, 5.74) is 7.03. The first-order valence-corrected chi connectivity index (χ1v) is 12.2. The number of nitrogens with one attached hydrogen (secondary N) is 1. The number of aromatic amines is 1. The number of H-pyrrole nitrogens is 1. The van der Waals surface area contributed by atoms with Crippen LogP contribution in [0.25, 0.3) is 10.9 Å².